The molecule has 0 aliphatic carbocycles. The zero-order chi connectivity index (χ0) is 33.6. The molecule has 0 spiro atoms. The maximum absolute atomic E-state index is 13.5. The average Bonchev–Trinajstić information content (AvgIpc) is 3.48. The van der Waals surface area contributed by atoms with E-state index < -0.39 is 4.92 Å². The van der Waals surface area contributed by atoms with Gasteiger partial charge in [-0.15, -0.1) is 0 Å². The topological polar surface area (TPSA) is 99.3 Å². The lowest BCUT2D eigenvalue weighted by atomic mass is 9.76. The number of carbonyl (C=O) groups is 1. The summed E-state index contributed by atoms with van der Waals surface area (Å²) in [5.74, 6) is 0.699. The van der Waals surface area contributed by atoms with Gasteiger partial charge in [-0.3, -0.25) is 14.9 Å². The van der Waals surface area contributed by atoms with Crippen molar-refractivity contribution in [3.63, 3.8) is 0 Å². The van der Waals surface area contributed by atoms with Crippen molar-refractivity contribution < 1.29 is 14.5 Å². The third-order valence-corrected chi connectivity index (χ3v) is 9.27. The highest BCUT2D eigenvalue weighted by Gasteiger charge is 2.26. The lowest BCUT2D eigenvalue weighted by Crippen LogP contribution is -2.27. The van der Waals surface area contributed by atoms with Gasteiger partial charge in [-0.2, -0.15) is 5.10 Å². The number of ether oxygens (including phenoxy) is 1. The molecular formula is C38H48N4O4. The second-order valence-corrected chi connectivity index (χ2v) is 13.4. The first kappa shape index (κ1) is 34.4. The van der Waals surface area contributed by atoms with E-state index in [1.165, 1.54) is 23.3 Å². The first-order chi connectivity index (χ1) is 21.8. The van der Waals surface area contributed by atoms with E-state index in [0.717, 1.165) is 48.2 Å². The van der Waals surface area contributed by atoms with Gasteiger partial charge >= 0.3 is 0 Å². The van der Waals surface area contributed by atoms with Crippen LogP contribution in [0.4, 0.5) is 5.69 Å². The molecule has 244 valence electrons. The Bertz CT molecular complexity index is 1690. The monoisotopic (exact) mass is 624 g/mol. The number of rotatable bonds is 14. The fourth-order valence-corrected chi connectivity index (χ4v) is 5.37. The van der Waals surface area contributed by atoms with Crippen molar-refractivity contribution in [2.24, 2.45) is 0 Å². The van der Waals surface area contributed by atoms with Crippen LogP contribution in [0.25, 0.3) is 16.9 Å². The molecule has 4 rings (SSSR count). The van der Waals surface area contributed by atoms with Crippen LogP contribution in [0.1, 0.15) is 100.0 Å². The van der Waals surface area contributed by atoms with Gasteiger partial charge in [-0.1, -0.05) is 71.4 Å². The van der Waals surface area contributed by atoms with E-state index in [-0.39, 0.29) is 22.4 Å². The lowest BCUT2D eigenvalue weighted by molar-refractivity contribution is -0.384. The molecule has 1 heterocycles. The number of nitro benzene ring substituents is 1. The molecule has 0 fully saturated rings. The Hall–Kier alpha value is -4.46. The van der Waals surface area contributed by atoms with Crippen LogP contribution in [0.15, 0.2) is 66.7 Å². The molecule has 4 aromatic rings. The predicted molar refractivity (Wildman–Crippen MR) is 185 cm³/mol. The Labute approximate surface area is 273 Å². The van der Waals surface area contributed by atoms with Gasteiger partial charge in [-0.05, 0) is 91.8 Å². The summed E-state index contributed by atoms with van der Waals surface area (Å²) in [6.07, 6.45) is 3.62. The van der Waals surface area contributed by atoms with Crippen LogP contribution in [-0.4, -0.2) is 33.8 Å². The van der Waals surface area contributed by atoms with Gasteiger partial charge in [0.1, 0.15) is 11.4 Å². The van der Waals surface area contributed by atoms with Crippen molar-refractivity contribution >= 4 is 11.6 Å². The van der Waals surface area contributed by atoms with E-state index in [1.807, 2.05) is 26.0 Å². The van der Waals surface area contributed by atoms with Gasteiger partial charge in [0.25, 0.3) is 11.6 Å². The minimum atomic E-state index is -0.434. The first-order valence-electron chi connectivity index (χ1n) is 16.3. The molecule has 46 heavy (non-hydrogen) atoms. The van der Waals surface area contributed by atoms with Crippen molar-refractivity contribution in [1.29, 1.82) is 0 Å². The maximum Gasteiger partial charge on any atom is 0.270 e. The molecule has 0 saturated carbocycles. The van der Waals surface area contributed by atoms with Crippen molar-refractivity contribution in [3.8, 4) is 22.7 Å². The van der Waals surface area contributed by atoms with Crippen molar-refractivity contribution in [2.45, 2.75) is 91.9 Å². The number of amides is 1. The Morgan fingerprint density at radius 2 is 1.61 bits per heavy atom. The number of nitrogens with one attached hydrogen (secondary N) is 1. The van der Waals surface area contributed by atoms with E-state index in [1.54, 1.807) is 22.9 Å². The summed E-state index contributed by atoms with van der Waals surface area (Å²) >= 11 is 0. The molecule has 1 aromatic heterocycles. The normalized spacial score (nSPS) is 11.8. The highest BCUT2D eigenvalue weighted by atomic mass is 16.6. The Morgan fingerprint density at radius 3 is 2.24 bits per heavy atom. The molecule has 0 aliphatic heterocycles. The summed E-state index contributed by atoms with van der Waals surface area (Å²) in [6.45, 7) is 18.6. The van der Waals surface area contributed by atoms with Crippen molar-refractivity contribution in [2.75, 3.05) is 13.2 Å². The summed E-state index contributed by atoms with van der Waals surface area (Å²) in [4.78, 5) is 24.2. The van der Waals surface area contributed by atoms with Crippen LogP contribution in [0.3, 0.4) is 0 Å². The van der Waals surface area contributed by atoms with Crippen molar-refractivity contribution in [3.05, 3.63) is 105 Å². The van der Waals surface area contributed by atoms with Crippen LogP contribution in [0, 0.1) is 24.0 Å². The molecule has 0 bridgehead atoms. The van der Waals surface area contributed by atoms with E-state index in [4.69, 9.17) is 9.84 Å². The number of hydrogen-bond donors (Lipinski definition) is 1. The Morgan fingerprint density at radius 1 is 0.913 bits per heavy atom. The van der Waals surface area contributed by atoms with Crippen molar-refractivity contribution in [1.82, 2.24) is 15.1 Å². The molecular weight excluding hydrogens is 576 g/mol. The standard InChI is InChI=1S/C38H48N4O4/c1-9-37(5,6)29-16-20-35(31(24-29)38(7,8)10-2)46-22-12-11-21-39-36(43)34-25-32(28-14-17-30(18-15-28)42(44)45)40-41(34)33-19-13-26(3)23-27(33)4/h13-20,23-25H,9-12,21-22H2,1-8H3,(H,39,43). The lowest BCUT2D eigenvalue weighted by Gasteiger charge is -2.30. The van der Waals surface area contributed by atoms with Crippen LogP contribution in [0.5, 0.6) is 5.75 Å². The number of carbonyl (C=O) groups excluding carboxylic acids is 1. The number of nitro groups is 1. The van der Waals surface area contributed by atoms with Crippen LogP contribution in [-0.2, 0) is 10.8 Å². The first-order valence-corrected chi connectivity index (χ1v) is 16.3. The zero-order valence-corrected chi connectivity index (χ0v) is 28.6. The molecule has 3 aromatic carbocycles. The summed E-state index contributed by atoms with van der Waals surface area (Å²) in [5.41, 5.74) is 7.23. The van der Waals surface area contributed by atoms with Crippen LogP contribution < -0.4 is 10.1 Å². The molecule has 1 N–H and O–H groups in total. The fraction of sp³-hybridized carbons (Fsp3) is 0.421. The zero-order valence-electron chi connectivity index (χ0n) is 28.6. The summed E-state index contributed by atoms with van der Waals surface area (Å²) in [6, 6.07) is 20.6. The molecule has 0 aliphatic rings. The average molecular weight is 625 g/mol. The van der Waals surface area contributed by atoms with E-state index in [0.29, 0.717) is 30.1 Å². The quantitative estimate of drug-likeness (QED) is 0.0857. The number of unbranched alkanes of at least 4 members (excludes halogenated alkanes) is 1. The number of hydrogen-bond acceptors (Lipinski definition) is 5. The van der Waals surface area contributed by atoms with Gasteiger partial charge in [-0.25, -0.2) is 4.68 Å². The SMILES string of the molecule is CCC(C)(C)c1ccc(OCCCCNC(=O)c2cc(-c3ccc([N+](=O)[O-])cc3)nn2-c2ccc(C)cc2C)c(C(C)(C)CC)c1. The maximum atomic E-state index is 13.5. The number of aromatic nitrogens is 2. The number of benzene rings is 3. The molecule has 8 nitrogen and oxygen atoms in total. The number of non-ortho nitro benzene ring substituents is 1. The number of nitrogens with zero attached hydrogens (tertiary/aromatic N) is 3. The summed E-state index contributed by atoms with van der Waals surface area (Å²) in [7, 11) is 0. The minimum Gasteiger partial charge on any atom is -0.493 e. The molecule has 0 unspecified atom stereocenters. The van der Waals surface area contributed by atoms with Gasteiger partial charge in [0.2, 0.25) is 0 Å². The van der Waals surface area contributed by atoms with Crippen LogP contribution in [0.2, 0.25) is 0 Å². The summed E-state index contributed by atoms with van der Waals surface area (Å²) in [5, 5.41) is 18.9. The summed E-state index contributed by atoms with van der Waals surface area (Å²) < 4.78 is 7.98. The highest BCUT2D eigenvalue weighted by Crippen LogP contribution is 2.38. The van der Waals surface area contributed by atoms with E-state index in [9.17, 15) is 14.9 Å². The molecule has 1 amide bonds. The fourth-order valence-electron chi connectivity index (χ4n) is 5.37. The van der Waals surface area contributed by atoms with E-state index in [2.05, 4.69) is 71.1 Å². The predicted octanol–water partition coefficient (Wildman–Crippen LogP) is 9.03. The van der Waals surface area contributed by atoms with Gasteiger partial charge in [0, 0.05) is 29.8 Å². The smallest absolute Gasteiger partial charge is 0.270 e. The van der Waals surface area contributed by atoms with Gasteiger partial charge < -0.3 is 10.1 Å². The van der Waals surface area contributed by atoms with Gasteiger partial charge in [0.15, 0.2) is 0 Å². The third kappa shape index (κ3) is 7.84. The second-order valence-electron chi connectivity index (χ2n) is 13.4. The number of aryl methyl sites for hydroxylation is 2. The minimum absolute atomic E-state index is 0.00210. The van der Waals surface area contributed by atoms with E-state index >= 15 is 0 Å². The molecule has 0 saturated heterocycles. The molecule has 8 heteroatoms. The third-order valence-electron chi connectivity index (χ3n) is 9.27. The molecule has 0 radical (unpaired) electrons. The highest BCUT2D eigenvalue weighted by molar-refractivity contribution is 5.94. The largest absolute Gasteiger partial charge is 0.493 e. The Kier molecular flexibility index (Phi) is 10.7. The van der Waals surface area contributed by atoms with Crippen LogP contribution >= 0.6 is 0 Å². The Balaban J connectivity index is 1.44. The molecule has 0 atom stereocenters. The van der Waals surface area contributed by atoms with Gasteiger partial charge in [0.05, 0.1) is 22.9 Å². The second kappa shape index (κ2) is 14.3.